The molecule has 2 atom stereocenters. The van der Waals surface area contributed by atoms with Crippen molar-refractivity contribution in [2.24, 2.45) is 5.92 Å². The van der Waals surface area contributed by atoms with Crippen molar-refractivity contribution >= 4 is 0 Å². The van der Waals surface area contributed by atoms with E-state index in [1.807, 2.05) is 0 Å². The van der Waals surface area contributed by atoms with Crippen LogP contribution in [-0.2, 0) is 11.2 Å². The van der Waals surface area contributed by atoms with Gasteiger partial charge in [-0.3, -0.25) is 0 Å². The van der Waals surface area contributed by atoms with Gasteiger partial charge in [0.15, 0.2) is 0 Å². The molecule has 0 aromatic heterocycles. The van der Waals surface area contributed by atoms with E-state index in [1.165, 1.54) is 11.1 Å². The predicted octanol–water partition coefficient (Wildman–Crippen LogP) is 3.33. The quantitative estimate of drug-likeness (QED) is 0.829. The molecule has 1 aliphatic heterocycles. The van der Waals surface area contributed by atoms with Crippen LogP contribution in [0, 0.1) is 5.92 Å². The van der Waals surface area contributed by atoms with E-state index in [0.29, 0.717) is 18.0 Å². The second kappa shape index (κ2) is 7.09. The van der Waals surface area contributed by atoms with Gasteiger partial charge in [-0.25, -0.2) is 0 Å². The Balaban J connectivity index is 2.11. The van der Waals surface area contributed by atoms with Gasteiger partial charge in [-0.2, -0.15) is 0 Å². The summed E-state index contributed by atoms with van der Waals surface area (Å²) in [5, 5.41) is 3.75. The Labute approximate surface area is 122 Å². The highest BCUT2D eigenvalue weighted by Crippen LogP contribution is 2.29. The Kier molecular flexibility index (Phi) is 5.44. The zero-order valence-corrected chi connectivity index (χ0v) is 13.1. The molecular formula is C17H27NO2. The van der Waals surface area contributed by atoms with Crippen LogP contribution in [0.15, 0.2) is 18.2 Å². The van der Waals surface area contributed by atoms with E-state index in [9.17, 15) is 0 Å². The summed E-state index contributed by atoms with van der Waals surface area (Å²) in [6.45, 7) is 8.27. The van der Waals surface area contributed by atoms with E-state index in [1.54, 1.807) is 7.11 Å². The van der Waals surface area contributed by atoms with Crippen molar-refractivity contribution in [3.63, 3.8) is 0 Å². The van der Waals surface area contributed by atoms with Gasteiger partial charge in [0.1, 0.15) is 5.75 Å². The van der Waals surface area contributed by atoms with Crippen molar-refractivity contribution in [1.82, 2.24) is 5.32 Å². The molecule has 1 N–H and O–H groups in total. The fourth-order valence-corrected chi connectivity index (χ4v) is 2.74. The van der Waals surface area contributed by atoms with Crippen LogP contribution in [0.2, 0.25) is 0 Å². The second-order valence-corrected chi connectivity index (χ2v) is 5.90. The monoisotopic (exact) mass is 277 g/mol. The molecule has 0 fully saturated rings. The molecule has 0 spiro atoms. The summed E-state index contributed by atoms with van der Waals surface area (Å²) >= 11 is 0. The Bertz CT molecular complexity index is 431. The third kappa shape index (κ3) is 3.53. The van der Waals surface area contributed by atoms with Gasteiger partial charge < -0.3 is 14.8 Å². The first-order valence-electron chi connectivity index (χ1n) is 7.66. The van der Waals surface area contributed by atoms with Crippen LogP contribution >= 0.6 is 0 Å². The van der Waals surface area contributed by atoms with E-state index in [0.717, 1.165) is 31.8 Å². The zero-order chi connectivity index (χ0) is 14.5. The topological polar surface area (TPSA) is 30.5 Å². The molecule has 0 saturated heterocycles. The molecule has 0 radical (unpaired) electrons. The number of rotatable bonds is 7. The summed E-state index contributed by atoms with van der Waals surface area (Å²) in [7, 11) is 1.77. The average Bonchev–Trinajstić information content (AvgIpc) is 2.90. The molecule has 1 aromatic carbocycles. The number of nitrogens with one attached hydrogen (secondary N) is 1. The van der Waals surface area contributed by atoms with Crippen molar-refractivity contribution < 1.29 is 9.47 Å². The van der Waals surface area contributed by atoms with E-state index < -0.39 is 0 Å². The van der Waals surface area contributed by atoms with Crippen LogP contribution in [0.5, 0.6) is 5.75 Å². The smallest absolute Gasteiger partial charge is 0.122 e. The molecule has 112 valence electrons. The molecular weight excluding hydrogens is 250 g/mol. The minimum atomic E-state index is 0.378. The van der Waals surface area contributed by atoms with Gasteiger partial charge in [0.05, 0.1) is 13.2 Å². The number of methoxy groups -OCH3 is 1. The maximum atomic E-state index is 5.58. The van der Waals surface area contributed by atoms with Gasteiger partial charge in [-0.05, 0) is 29.5 Å². The molecule has 1 aliphatic rings. The van der Waals surface area contributed by atoms with Crippen molar-refractivity contribution in [3.8, 4) is 5.75 Å². The van der Waals surface area contributed by atoms with Gasteiger partial charge >= 0.3 is 0 Å². The summed E-state index contributed by atoms with van der Waals surface area (Å²) in [6, 6.07) is 7.37. The highest BCUT2D eigenvalue weighted by molar-refractivity contribution is 5.40. The number of hydrogen-bond donors (Lipinski definition) is 1. The summed E-state index contributed by atoms with van der Waals surface area (Å²) in [5.74, 6) is 1.61. The standard InChI is InChI=1S/C17H27NO2/c1-5-15(18-16(11-19-4)12(2)3)13-6-7-17-14(10-13)8-9-20-17/h6-7,10,12,15-16,18H,5,8-9,11H2,1-4H3. The molecule has 20 heavy (non-hydrogen) atoms. The van der Waals surface area contributed by atoms with Crippen LogP contribution in [-0.4, -0.2) is 26.4 Å². The number of hydrogen-bond acceptors (Lipinski definition) is 3. The Morgan fingerprint density at radius 2 is 2.15 bits per heavy atom. The molecule has 3 heteroatoms. The highest BCUT2D eigenvalue weighted by atomic mass is 16.5. The maximum Gasteiger partial charge on any atom is 0.122 e. The zero-order valence-electron chi connectivity index (χ0n) is 13.1. The minimum Gasteiger partial charge on any atom is -0.493 e. The van der Waals surface area contributed by atoms with Gasteiger partial charge in [0.25, 0.3) is 0 Å². The summed E-state index contributed by atoms with van der Waals surface area (Å²) < 4.78 is 10.9. The molecule has 0 saturated carbocycles. The maximum absolute atomic E-state index is 5.58. The Hall–Kier alpha value is -1.06. The van der Waals surface area contributed by atoms with Gasteiger partial charge in [-0.15, -0.1) is 0 Å². The van der Waals surface area contributed by atoms with Gasteiger partial charge in [0.2, 0.25) is 0 Å². The lowest BCUT2D eigenvalue weighted by Crippen LogP contribution is -2.40. The molecule has 0 amide bonds. The normalized spacial score (nSPS) is 16.9. The first-order chi connectivity index (χ1) is 9.65. The largest absolute Gasteiger partial charge is 0.493 e. The number of ether oxygens (including phenoxy) is 2. The second-order valence-electron chi connectivity index (χ2n) is 5.90. The van der Waals surface area contributed by atoms with Crippen molar-refractivity contribution in [3.05, 3.63) is 29.3 Å². The first-order valence-corrected chi connectivity index (χ1v) is 7.66. The summed E-state index contributed by atoms with van der Waals surface area (Å²) in [5.41, 5.74) is 2.70. The lowest BCUT2D eigenvalue weighted by molar-refractivity contribution is 0.139. The molecule has 0 aliphatic carbocycles. The molecule has 1 heterocycles. The Morgan fingerprint density at radius 3 is 2.80 bits per heavy atom. The van der Waals surface area contributed by atoms with Crippen LogP contribution in [0.4, 0.5) is 0 Å². The van der Waals surface area contributed by atoms with Gasteiger partial charge in [0, 0.05) is 25.6 Å². The van der Waals surface area contributed by atoms with Crippen LogP contribution in [0.3, 0.4) is 0 Å². The third-order valence-electron chi connectivity index (χ3n) is 4.09. The molecule has 3 nitrogen and oxygen atoms in total. The van der Waals surface area contributed by atoms with E-state index in [2.05, 4.69) is 44.3 Å². The minimum absolute atomic E-state index is 0.378. The highest BCUT2D eigenvalue weighted by Gasteiger charge is 2.20. The SMILES string of the molecule is CCC(NC(COC)C(C)C)c1ccc2c(c1)CCO2. The fraction of sp³-hybridized carbons (Fsp3) is 0.647. The van der Waals surface area contributed by atoms with Gasteiger partial charge in [-0.1, -0.05) is 32.9 Å². The lowest BCUT2D eigenvalue weighted by atomic mass is 9.97. The lowest BCUT2D eigenvalue weighted by Gasteiger charge is -2.28. The van der Waals surface area contributed by atoms with E-state index >= 15 is 0 Å². The molecule has 2 unspecified atom stereocenters. The van der Waals surface area contributed by atoms with Crippen molar-refractivity contribution in [2.45, 2.75) is 45.7 Å². The summed E-state index contributed by atoms with van der Waals surface area (Å²) in [4.78, 5) is 0. The third-order valence-corrected chi connectivity index (χ3v) is 4.09. The number of fused-ring (bicyclic) bond motifs is 1. The van der Waals surface area contributed by atoms with E-state index in [-0.39, 0.29) is 0 Å². The first kappa shape index (κ1) is 15.3. The van der Waals surface area contributed by atoms with Crippen LogP contribution in [0.1, 0.15) is 44.4 Å². The van der Waals surface area contributed by atoms with E-state index in [4.69, 9.17) is 9.47 Å². The fourth-order valence-electron chi connectivity index (χ4n) is 2.74. The average molecular weight is 277 g/mol. The molecule has 0 bridgehead atoms. The van der Waals surface area contributed by atoms with Crippen LogP contribution < -0.4 is 10.1 Å². The Morgan fingerprint density at radius 1 is 1.35 bits per heavy atom. The number of benzene rings is 1. The molecule has 1 aromatic rings. The van der Waals surface area contributed by atoms with Crippen molar-refractivity contribution in [1.29, 1.82) is 0 Å². The molecule has 2 rings (SSSR count). The summed E-state index contributed by atoms with van der Waals surface area (Å²) in [6.07, 6.45) is 2.11. The predicted molar refractivity (Wildman–Crippen MR) is 82.3 cm³/mol. The van der Waals surface area contributed by atoms with Crippen LogP contribution in [0.25, 0.3) is 0 Å². The van der Waals surface area contributed by atoms with Crippen molar-refractivity contribution in [2.75, 3.05) is 20.3 Å².